The summed E-state index contributed by atoms with van der Waals surface area (Å²) >= 11 is 0. The topological polar surface area (TPSA) is 122 Å². The minimum absolute atomic E-state index is 0.224. The number of benzene rings is 1. The number of hydrogen-bond donors (Lipinski definition) is 3. The Hall–Kier alpha value is -3.36. The molecule has 132 valence electrons. The Morgan fingerprint density at radius 2 is 1.88 bits per heavy atom. The molecule has 9 heteroatoms. The fraction of sp³-hybridized carbons (Fsp3) is 0.250. The van der Waals surface area contributed by atoms with Gasteiger partial charge in [0.1, 0.15) is 6.04 Å². The SMILES string of the molecule is COC(=O)CC(NC(C)=O)C(=O)Nc1ccc(-n2ccc(=O)[nH]2)cc1. The summed E-state index contributed by atoms with van der Waals surface area (Å²) in [5.74, 6) is -1.58. The predicted octanol–water partition coefficient (Wildman–Crippen LogP) is 0.172. The average molecular weight is 346 g/mol. The Morgan fingerprint density at radius 1 is 1.20 bits per heavy atom. The van der Waals surface area contributed by atoms with Crippen molar-refractivity contribution in [3.05, 3.63) is 46.9 Å². The number of nitrogens with one attached hydrogen (secondary N) is 3. The Morgan fingerprint density at radius 3 is 2.40 bits per heavy atom. The number of esters is 1. The van der Waals surface area contributed by atoms with E-state index < -0.39 is 23.8 Å². The van der Waals surface area contributed by atoms with E-state index in [1.54, 1.807) is 30.5 Å². The third-order valence-corrected chi connectivity index (χ3v) is 3.31. The van der Waals surface area contributed by atoms with Crippen LogP contribution in [-0.4, -0.2) is 40.7 Å². The van der Waals surface area contributed by atoms with E-state index in [-0.39, 0.29) is 12.0 Å². The molecule has 0 saturated carbocycles. The van der Waals surface area contributed by atoms with Gasteiger partial charge in [-0.05, 0) is 24.3 Å². The molecule has 0 aliphatic rings. The van der Waals surface area contributed by atoms with Gasteiger partial charge < -0.3 is 15.4 Å². The smallest absolute Gasteiger partial charge is 0.308 e. The van der Waals surface area contributed by atoms with Crippen LogP contribution in [0.25, 0.3) is 5.69 Å². The van der Waals surface area contributed by atoms with Crippen LogP contribution in [-0.2, 0) is 19.1 Å². The number of hydrogen-bond acceptors (Lipinski definition) is 5. The van der Waals surface area contributed by atoms with Crippen LogP contribution in [0.4, 0.5) is 5.69 Å². The van der Waals surface area contributed by atoms with Gasteiger partial charge >= 0.3 is 5.97 Å². The van der Waals surface area contributed by atoms with E-state index in [1.165, 1.54) is 24.8 Å². The van der Waals surface area contributed by atoms with E-state index in [2.05, 4.69) is 20.5 Å². The molecule has 0 saturated heterocycles. The molecule has 9 nitrogen and oxygen atoms in total. The number of amides is 2. The zero-order chi connectivity index (χ0) is 18.4. The number of aromatic amines is 1. The van der Waals surface area contributed by atoms with Crippen molar-refractivity contribution >= 4 is 23.5 Å². The Balaban J connectivity index is 2.07. The molecule has 0 bridgehead atoms. The van der Waals surface area contributed by atoms with Crippen LogP contribution in [0.1, 0.15) is 13.3 Å². The molecule has 2 aromatic rings. The second-order valence-electron chi connectivity index (χ2n) is 5.23. The number of rotatable bonds is 6. The number of carbonyl (C=O) groups is 3. The molecule has 25 heavy (non-hydrogen) atoms. The Labute approximate surface area is 143 Å². The number of methoxy groups -OCH3 is 1. The summed E-state index contributed by atoms with van der Waals surface area (Å²) in [6.45, 7) is 1.25. The van der Waals surface area contributed by atoms with Gasteiger partial charge in [0.05, 0.1) is 19.2 Å². The van der Waals surface area contributed by atoms with Crippen molar-refractivity contribution in [3.63, 3.8) is 0 Å². The maximum Gasteiger partial charge on any atom is 0.308 e. The highest BCUT2D eigenvalue weighted by Gasteiger charge is 2.23. The molecule has 1 atom stereocenters. The highest BCUT2D eigenvalue weighted by Crippen LogP contribution is 2.13. The van der Waals surface area contributed by atoms with Crippen molar-refractivity contribution < 1.29 is 19.1 Å². The van der Waals surface area contributed by atoms with Crippen LogP contribution in [0.2, 0.25) is 0 Å². The number of nitrogens with zero attached hydrogens (tertiary/aromatic N) is 1. The summed E-state index contributed by atoms with van der Waals surface area (Å²) in [4.78, 5) is 46.0. The lowest BCUT2D eigenvalue weighted by Gasteiger charge is -2.16. The number of anilines is 1. The van der Waals surface area contributed by atoms with Crippen LogP contribution < -0.4 is 16.2 Å². The lowest BCUT2D eigenvalue weighted by Crippen LogP contribution is -2.44. The van der Waals surface area contributed by atoms with Gasteiger partial charge in [0, 0.05) is 24.9 Å². The molecule has 0 fully saturated rings. The highest BCUT2D eigenvalue weighted by molar-refractivity contribution is 5.99. The average Bonchev–Trinajstić information content (AvgIpc) is 3.00. The lowest BCUT2D eigenvalue weighted by molar-refractivity contribution is -0.142. The van der Waals surface area contributed by atoms with Crippen molar-refractivity contribution in [2.24, 2.45) is 0 Å². The molecule has 1 aromatic carbocycles. The monoisotopic (exact) mass is 346 g/mol. The maximum absolute atomic E-state index is 12.3. The molecule has 3 N–H and O–H groups in total. The van der Waals surface area contributed by atoms with Crippen LogP contribution >= 0.6 is 0 Å². The van der Waals surface area contributed by atoms with E-state index in [1.807, 2.05) is 0 Å². The van der Waals surface area contributed by atoms with Gasteiger partial charge in [0.2, 0.25) is 11.8 Å². The zero-order valence-corrected chi connectivity index (χ0v) is 13.7. The number of aromatic nitrogens is 2. The Kier molecular flexibility index (Phi) is 5.72. The number of ether oxygens (including phenoxy) is 1. The van der Waals surface area contributed by atoms with E-state index in [0.717, 1.165) is 0 Å². The van der Waals surface area contributed by atoms with Gasteiger partial charge in [-0.3, -0.25) is 29.0 Å². The first-order chi connectivity index (χ1) is 11.9. The van der Waals surface area contributed by atoms with Gasteiger partial charge in [0.25, 0.3) is 5.56 Å². The van der Waals surface area contributed by atoms with Crippen LogP contribution in [0.3, 0.4) is 0 Å². The third kappa shape index (κ3) is 5.06. The lowest BCUT2D eigenvalue weighted by atomic mass is 10.1. The fourth-order valence-corrected chi connectivity index (χ4v) is 2.13. The van der Waals surface area contributed by atoms with E-state index in [0.29, 0.717) is 11.4 Å². The molecular weight excluding hydrogens is 328 g/mol. The highest BCUT2D eigenvalue weighted by atomic mass is 16.5. The first-order valence-corrected chi connectivity index (χ1v) is 7.42. The largest absolute Gasteiger partial charge is 0.469 e. The standard InChI is InChI=1S/C16H18N4O5/c1-10(21)17-13(9-15(23)25-2)16(24)18-11-3-5-12(6-4-11)20-8-7-14(22)19-20/h3-8,13H,9H2,1-2H3,(H,17,21)(H,18,24)(H,19,22). The van der Waals surface area contributed by atoms with Gasteiger partial charge in [0.15, 0.2) is 0 Å². The van der Waals surface area contributed by atoms with Gasteiger partial charge in [-0.1, -0.05) is 0 Å². The van der Waals surface area contributed by atoms with E-state index in [4.69, 9.17) is 0 Å². The molecule has 1 unspecified atom stereocenters. The summed E-state index contributed by atoms with van der Waals surface area (Å²) in [6, 6.07) is 7.01. The predicted molar refractivity (Wildman–Crippen MR) is 89.3 cm³/mol. The molecule has 0 spiro atoms. The summed E-state index contributed by atoms with van der Waals surface area (Å²) < 4.78 is 6.06. The molecule has 0 aliphatic carbocycles. The Bertz CT molecular complexity index is 822. The summed E-state index contributed by atoms with van der Waals surface area (Å²) in [5, 5.41) is 7.62. The summed E-state index contributed by atoms with van der Waals surface area (Å²) in [6.07, 6.45) is 1.31. The molecule has 1 aromatic heterocycles. The van der Waals surface area contributed by atoms with Crippen molar-refractivity contribution in [1.29, 1.82) is 0 Å². The second-order valence-corrected chi connectivity index (χ2v) is 5.23. The van der Waals surface area contributed by atoms with Crippen molar-refractivity contribution in [2.75, 3.05) is 12.4 Å². The summed E-state index contributed by atoms with van der Waals surface area (Å²) in [5.41, 5.74) is 0.954. The molecule has 1 heterocycles. The fourth-order valence-electron chi connectivity index (χ4n) is 2.13. The minimum atomic E-state index is -1.04. The summed E-state index contributed by atoms with van der Waals surface area (Å²) in [7, 11) is 1.20. The van der Waals surface area contributed by atoms with Crippen molar-refractivity contribution in [1.82, 2.24) is 15.1 Å². The number of carbonyl (C=O) groups excluding carboxylic acids is 3. The molecule has 0 radical (unpaired) electrons. The van der Waals surface area contributed by atoms with Crippen LogP contribution in [0.15, 0.2) is 41.3 Å². The van der Waals surface area contributed by atoms with Crippen molar-refractivity contribution in [3.8, 4) is 5.69 Å². The van der Waals surface area contributed by atoms with Crippen LogP contribution in [0, 0.1) is 0 Å². The molecule has 2 amide bonds. The first-order valence-electron chi connectivity index (χ1n) is 7.42. The van der Waals surface area contributed by atoms with Gasteiger partial charge in [-0.15, -0.1) is 0 Å². The van der Waals surface area contributed by atoms with Gasteiger partial charge in [-0.2, -0.15) is 0 Å². The minimum Gasteiger partial charge on any atom is -0.469 e. The number of H-pyrrole nitrogens is 1. The van der Waals surface area contributed by atoms with E-state index >= 15 is 0 Å². The second kappa shape index (κ2) is 7.95. The normalized spacial score (nSPS) is 11.4. The van der Waals surface area contributed by atoms with Crippen molar-refractivity contribution in [2.45, 2.75) is 19.4 Å². The van der Waals surface area contributed by atoms with E-state index in [9.17, 15) is 19.2 Å². The van der Waals surface area contributed by atoms with Crippen LogP contribution in [0.5, 0.6) is 0 Å². The molecule has 2 rings (SSSR count). The third-order valence-electron chi connectivity index (χ3n) is 3.31. The quantitative estimate of drug-likeness (QED) is 0.644. The zero-order valence-electron chi connectivity index (χ0n) is 13.7. The first kappa shape index (κ1) is 18.0. The van der Waals surface area contributed by atoms with Gasteiger partial charge in [-0.25, -0.2) is 0 Å². The molecular formula is C16H18N4O5. The molecule has 0 aliphatic heterocycles. The maximum atomic E-state index is 12.3.